The zero-order valence-corrected chi connectivity index (χ0v) is 17.8. The minimum absolute atomic E-state index is 0.0112. The maximum absolute atomic E-state index is 15.5. The number of piperazine rings is 1. The molecule has 8 nitrogen and oxygen atoms in total. The van der Waals surface area contributed by atoms with Crippen LogP contribution >= 0.6 is 11.6 Å². The first kappa shape index (κ1) is 22.2. The van der Waals surface area contributed by atoms with Crippen molar-refractivity contribution in [2.75, 3.05) is 52.5 Å². The average Bonchev–Trinajstić information content (AvgIpc) is 3.58. The van der Waals surface area contributed by atoms with Crippen molar-refractivity contribution in [2.24, 2.45) is 0 Å². The number of aliphatic hydroxyl groups excluding tert-OH is 1. The third-order valence-electron chi connectivity index (χ3n) is 6.16. The highest BCUT2D eigenvalue weighted by molar-refractivity contribution is 6.37. The number of quaternary nitrogens is 1. The van der Waals surface area contributed by atoms with E-state index in [1.54, 1.807) is 4.57 Å². The zero-order chi connectivity index (χ0) is 22.2. The number of rotatable bonds is 8. The number of benzene rings is 1. The molecule has 1 aliphatic carbocycles. The van der Waals surface area contributed by atoms with Gasteiger partial charge in [0.25, 0.3) is 0 Å². The van der Waals surface area contributed by atoms with Crippen molar-refractivity contribution >= 4 is 34.2 Å². The lowest BCUT2D eigenvalue weighted by Crippen LogP contribution is -2.61. The lowest BCUT2D eigenvalue weighted by atomic mass is 10.1. The maximum Gasteiger partial charge on any atom is 0.341 e. The number of aromatic carboxylic acids is 1. The number of carbonyl (C=O) groups is 1. The SMILES string of the molecule is O=C(O)c1cn(C2CC2)c2c(Cl)c([N+]3(CCOCCO)CCNCC3)c(F)cc2c1=O. The summed E-state index contributed by atoms with van der Waals surface area (Å²) in [6.07, 6.45) is 3.03. The van der Waals surface area contributed by atoms with E-state index in [2.05, 4.69) is 5.32 Å². The topological polar surface area (TPSA) is 101 Å². The Balaban J connectivity index is 1.91. The minimum atomic E-state index is -1.34. The van der Waals surface area contributed by atoms with Crippen LogP contribution in [0.5, 0.6) is 0 Å². The average molecular weight is 455 g/mol. The number of nitrogens with zero attached hydrogens (tertiary/aromatic N) is 2. The van der Waals surface area contributed by atoms with Crippen molar-refractivity contribution < 1.29 is 24.1 Å². The summed E-state index contributed by atoms with van der Waals surface area (Å²) in [7, 11) is 0. The van der Waals surface area contributed by atoms with Gasteiger partial charge in [-0.1, -0.05) is 11.6 Å². The summed E-state index contributed by atoms with van der Waals surface area (Å²) in [6, 6.07) is 1.18. The van der Waals surface area contributed by atoms with E-state index in [4.69, 9.17) is 21.4 Å². The number of carboxylic acid groups (broad SMARTS) is 1. The molecular weight excluding hydrogens is 429 g/mol. The third-order valence-corrected chi connectivity index (χ3v) is 6.52. The number of fused-ring (bicyclic) bond motifs is 1. The van der Waals surface area contributed by atoms with Crippen LogP contribution in [0.15, 0.2) is 17.1 Å². The van der Waals surface area contributed by atoms with Crippen molar-refractivity contribution in [2.45, 2.75) is 18.9 Å². The first-order valence-electron chi connectivity index (χ1n) is 10.5. The maximum atomic E-state index is 15.5. The molecule has 1 saturated carbocycles. The number of hydrogen-bond acceptors (Lipinski definition) is 5. The number of carboxylic acids is 1. The van der Waals surface area contributed by atoms with Crippen LogP contribution in [0.1, 0.15) is 29.2 Å². The Bertz CT molecular complexity index is 1060. The molecule has 1 saturated heterocycles. The van der Waals surface area contributed by atoms with Crippen LogP contribution in [0.3, 0.4) is 0 Å². The Morgan fingerprint density at radius 3 is 2.65 bits per heavy atom. The molecule has 2 fully saturated rings. The van der Waals surface area contributed by atoms with E-state index in [0.29, 0.717) is 50.5 Å². The van der Waals surface area contributed by atoms with Crippen LogP contribution in [0, 0.1) is 5.82 Å². The van der Waals surface area contributed by atoms with Crippen molar-refractivity contribution in [3.63, 3.8) is 0 Å². The summed E-state index contributed by atoms with van der Waals surface area (Å²) in [5.41, 5.74) is -0.418. The van der Waals surface area contributed by atoms with Gasteiger partial charge in [-0.3, -0.25) is 9.28 Å². The Hall–Kier alpha value is -2.04. The predicted octanol–water partition coefficient (Wildman–Crippen LogP) is 1.75. The highest BCUT2D eigenvalue weighted by Gasteiger charge is 2.39. The molecule has 0 bridgehead atoms. The Labute approximate surface area is 183 Å². The van der Waals surface area contributed by atoms with Gasteiger partial charge in [-0.25, -0.2) is 9.18 Å². The predicted molar refractivity (Wildman–Crippen MR) is 116 cm³/mol. The fraction of sp³-hybridized carbons (Fsp3) is 0.524. The second-order valence-corrected chi connectivity index (χ2v) is 8.51. The molecule has 2 aliphatic rings. The molecule has 0 atom stereocenters. The number of pyridine rings is 1. The normalized spacial score (nSPS) is 18.4. The second-order valence-electron chi connectivity index (χ2n) is 8.13. The molecule has 2 heterocycles. The van der Waals surface area contributed by atoms with Gasteiger partial charge in [0.1, 0.15) is 17.1 Å². The Morgan fingerprint density at radius 2 is 2.03 bits per heavy atom. The van der Waals surface area contributed by atoms with Gasteiger partial charge in [-0.15, -0.1) is 0 Å². The van der Waals surface area contributed by atoms with E-state index >= 15 is 4.39 Å². The lowest BCUT2D eigenvalue weighted by molar-refractivity contribution is 0.0694. The van der Waals surface area contributed by atoms with Crippen LogP contribution in [0.4, 0.5) is 10.1 Å². The minimum Gasteiger partial charge on any atom is -0.477 e. The van der Waals surface area contributed by atoms with E-state index in [1.807, 2.05) is 0 Å². The fourth-order valence-corrected chi connectivity index (χ4v) is 4.92. The number of aromatic nitrogens is 1. The van der Waals surface area contributed by atoms with Crippen molar-refractivity contribution in [1.29, 1.82) is 0 Å². The molecule has 168 valence electrons. The zero-order valence-electron chi connectivity index (χ0n) is 17.1. The van der Waals surface area contributed by atoms with Gasteiger partial charge in [-0.05, 0) is 18.9 Å². The van der Waals surface area contributed by atoms with E-state index in [9.17, 15) is 14.7 Å². The summed E-state index contributed by atoms with van der Waals surface area (Å²) in [6.45, 7) is 3.41. The molecule has 10 heteroatoms. The molecular formula is C21H26ClFN3O5+. The first-order valence-corrected chi connectivity index (χ1v) is 10.8. The van der Waals surface area contributed by atoms with Gasteiger partial charge in [0, 0.05) is 25.3 Å². The van der Waals surface area contributed by atoms with Gasteiger partial charge >= 0.3 is 5.97 Å². The Kier molecular flexibility index (Phi) is 6.32. The Morgan fingerprint density at radius 1 is 1.32 bits per heavy atom. The van der Waals surface area contributed by atoms with Gasteiger partial charge < -0.3 is 24.8 Å². The molecule has 2 aromatic rings. The van der Waals surface area contributed by atoms with Crippen molar-refractivity contribution in [1.82, 2.24) is 14.4 Å². The van der Waals surface area contributed by atoms with Crippen molar-refractivity contribution in [3.05, 3.63) is 38.9 Å². The number of halogens is 2. The molecule has 3 N–H and O–H groups in total. The van der Waals surface area contributed by atoms with E-state index in [-0.39, 0.29) is 39.7 Å². The monoisotopic (exact) mass is 454 g/mol. The van der Waals surface area contributed by atoms with E-state index < -0.39 is 17.2 Å². The molecule has 0 spiro atoms. The van der Waals surface area contributed by atoms with Crippen LogP contribution in [-0.2, 0) is 4.74 Å². The summed E-state index contributed by atoms with van der Waals surface area (Å²) in [5.74, 6) is -1.96. The van der Waals surface area contributed by atoms with Gasteiger partial charge in [0.15, 0.2) is 11.5 Å². The molecule has 0 radical (unpaired) electrons. The van der Waals surface area contributed by atoms with Crippen molar-refractivity contribution in [3.8, 4) is 0 Å². The summed E-state index contributed by atoms with van der Waals surface area (Å²) < 4.78 is 23.0. The van der Waals surface area contributed by atoms with E-state index in [0.717, 1.165) is 18.9 Å². The highest BCUT2D eigenvalue weighted by Crippen LogP contribution is 2.43. The van der Waals surface area contributed by atoms with Crippen LogP contribution in [0.25, 0.3) is 10.9 Å². The molecule has 0 amide bonds. The quantitative estimate of drug-likeness (QED) is 0.415. The third kappa shape index (κ3) is 4.08. The van der Waals surface area contributed by atoms with Gasteiger partial charge in [0.2, 0.25) is 5.43 Å². The van der Waals surface area contributed by atoms with E-state index in [1.165, 1.54) is 6.20 Å². The standard InChI is InChI=1S/C21H25ClFN3O5/c22-17-18-14(20(28)15(21(29)30)12-25(18)13-1-2-13)11-16(23)19(17)26(5-3-24-4-6-26)7-9-31-10-8-27/h11-13,24,27H,1-10H2/p+1. The second kappa shape index (κ2) is 8.84. The molecule has 4 rings (SSSR count). The van der Waals surface area contributed by atoms with Gasteiger partial charge in [-0.2, -0.15) is 0 Å². The number of ether oxygens (including phenoxy) is 1. The molecule has 1 aromatic heterocycles. The summed E-state index contributed by atoms with van der Waals surface area (Å²) >= 11 is 6.83. The number of aliphatic hydroxyl groups is 1. The first-order chi connectivity index (χ1) is 14.9. The molecule has 1 aliphatic heterocycles. The lowest BCUT2D eigenvalue weighted by Gasteiger charge is -2.42. The van der Waals surface area contributed by atoms with Crippen LogP contribution < -0.4 is 15.2 Å². The number of hydrogen-bond donors (Lipinski definition) is 3. The largest absolute Gasteiger partial charge is 0.477 e. The van der Waals surface area contributed by atoms with Crippen LogP contribution in [-0.4, -0.2) is 73.3 Å². The molecule has 1 aromatic carbocycles. The molecule has 0 unspecified atom stereocenters. The smallest absolute Gasteiger partial charge is 0.341 e. The highest BCUT2D eigenvalue weighted by atomic mass is 35.5. The molecule has 31 heavy (non-hydrogen) atoms. The van der Waals surface area contributed by atoms with Gasteiger partial charge in [0.05, 0.1) is 43.8 Å². The number of nitrogens with one attached hydrogen (secondary N) is 1. The van der Waals surface area contributed by atoms with Crippen LogP contribution in [0.2, 0.25) is 5.02 Å². The summed E-state index contributed by atoms with van der Waals surface area (Å²) in [5, 5.41) is 21.8. The summed E-state index contributed by atoms with van der Waals surface area (Å²) in [4.78, 5) is 24.4. The fourth-order valence-electron chi connectivity index (χ4n) is 4.45.